The molecule has 0 aliphatic heterocycles. The van der Waals surface area contributed by atoms with Crippen molar-refractivity contribution in [2.45, 2.75) is 39.7 Å². The van der Waals surface area contributed by atoms with Crippen molar-refractivity contribution in [2.24, 2.45) is 0 Å². The molecule has 0 unspecified atom stereocenters. The van der Waals surface area contributed by atoms with Gasteiger partial charge in [-0.3, -0.25) is 9.59 Å². The summed E-state index contributed by atoms with van der Waals surface area (Å²) in [5, 5.41) is 13.3. The topological polar surface area (TPSA) is 86.3 Å². The molecule has 0 spiro atoms. The largest absolute Gasteiger partial charge is 0.507 e. The van der Waals surface area contributed by atoms with E-state index in [9.17, 15) is 14.7 Å². The Hall–Kier alpha value is -3.93. The van der Waals surface area contributed by atoms with Gasteiger partial charge in [-0.25, -0.2) is 4.98 Å². The number of nitrogens with zero attached hydrogens (tertiary/aromatic N) is 2. The summed E-state index contributed by atoms with van der Waals surface area (Å²) in [4.78, 5) is 33.4. The molecule has 0 atom stereocenters. The van der Waals surface area contributed by atoms with Gasteiger partial charge in [0.15, 0.2) is 0 Å². The van der Waals surface area contributed by atoms with Gasteiger partial charge in [0.05, 0.1) is 10.9 Å². The number of hydrogen-bond acceptors (Lipinski definition) is 4. The lowest BCUT2D eigenvalue weighted by Gasteiger charge is -2.18. The van der Waals surface area contributed by atoms with Gasteiger partial charge in [-0.05, 0) is 52.4 Å². The fraction of sp³-hybridized carbons (Fsp3) is 0.250. The normalized spacial score (nSPS) is 11.5. The van der Waals surface area contributed by atoms with Gasteiger partial charge in [0.25, 0.3) is 5.56 Å². The van der Waals surface area contributed by atoms with E-state index in [4.69, 9.17) is 0 Å². The maximum Gasteiger partial charge on any atom is 0.256 e. The minimum absolute atomic E-state index is 0.0640. The van der Waals surface area contributed by atoms with E-state index < -0.39 is 0 Å². The molecule has 0 aliphatic rings. The van der Waals surface area contributed by atoms with Crippen LogP contribution in [0.5, 0.6) is 5.75 Å². The van der Waals surface area contributed by atoms with Gasteiger partial charge in [0.2, 0.25) is 5.91 Å². The maximum atomic E-state index is 12.8. The van der Waals surface area contributed by atoms with Crippen LogP contribution in [-0.2, 0) is 24.2 Å². The van der Waals surface area contributed by atoms with Gasteiger partial charge < -0.3 is 15.0 Å². The van der Waals surface area contributed by atoms with Crippen molar-refractivity contribution in [1.82, 2.24) is 14.9 Å². The quantitative estimate of drug-likeness (QED) is 0.385. The van der Waals surface area contributed by atoms with E-state index in [2.05, 4.69) is 47.2 Å². The summed E-state index contributed by atoms with van der Waals surface area (Å²) < 4.78 is 0. The number of nitrogens with one attached hydrogen (secondary N) is 1. The Morgan fingerprint density at radius 3 is 2.50 bits per heavy atom. The van der Waals surface area contributed by atoms with E-state index in [0.29, 0.717) is 35.1 Å². The fourth-order valence-corrected chi connectivity index (χ4v) is 4.31. The van der Waals surface area contributed by atoms with Crippen molar-refractivity contribution >= 4 is 33.8 Å². The third kappa shape index (κ3) is 4.57. The van der Waals surface area contributed by atoms with Gasteiger partial charge >= 0.3 is 0 Å². The Morgan fingerprint density at radius 2 is 1.79 bits per heavy atom. The molecule has 0 bridgehead atoms. The molecular formula is C28H29N3O3. The number of likely N-dealkylation sites (N-methyl/N-ethyl adjacent to an activating group) is 1. The number of aromatic amines is 1. The smallest absolute Gasteiger partial charge is 0.256 e. The zero-order valence-electron chi connectivity index (χ0n) is 19.8. The molecule has 1 amide bonds. The number of carbonyl (C=O) groups excluding carboxylic acids is 1. The number of amides is 1. The average Bonchev–Trinajstić information content (AvgIpc) is 2.84. The van der Waals surface area contributed by atoms with Crippen molar-refractivity contribution in [1.29, 1.82) is 0 Å². The van der Waals surface area contributed by atoms with Crippen LogP contribution in [-0.4, -0.2) is 32.9 Å². The molecule has 4 rings (SSSR count). The van der Waals surface area contributed by atoms with Crippen LogP contribution in [0.2, 0.25) is 0 Å². The van der Waals surface area contributed by atoms with Crippen LogP contribution in [0, 0.1) is 0 Å². The number of carbonyl (C=O) groups is 1. The number of rotatable bonds is 7. The van der Waals surface area contributed by atoms with E-state index in [1.807, 2.05) is 13.0 Å². The van der Waals surface area contributed by atoms with Crippen LogP contribution < -0.4 is 5.56 Å². The second-order valence-electron chi connectivity index (χ2n) is 8.51. The van der Waals surface area contributed by atoms with Gasteiger partial charge in [0, 0.05) is 25.9 Å². The third-order valence-electron chi connectivity index (χ3n) is 6.14. The molecule has 4 aromatic rings. The Labute approximate surface area is 198 Å². The van der Waals surface area contributed by atoms with Crippen LogP contribution >= 0.6 is 0 Å². The molecule has 0 fully saturated rings. The molecule has 2 heterocycles. The number of benzene rings is 2. The number of aromatic nitrogens is 2. The lowest BCUT2D eigenvalue weighted by molar-refractivity contribution is -0.125. The second kappa shape index (κ2) is 9.91. The minimum Gasteiger partial charge on any atom is -0.507 e. The lowest BCUT2D eigenvalue weighted by Crippen LogP contribution is -2.24. The Bertz CT molecular complexity index is 1450. The summed E-state index contributed by atoms with van der Waals surface area (Å²) in [6.07, 6.45) is 7.26. The zero-order valence-corrected chi connectivity index (χ0v) is 19.8. The summed E-state index contributed by atoms with van der Waals surface area (Å²) in [7, 11) is 1.78. The molecule has 2 N–H and O–H groups in total. The summed E-state index contributed by atoms with van der Waals surface area (Å²) in [6.45, 7) is 4.48. The van der Waals surface area contributed by atoms with Gasteiger partial charge in [0.1, 0.15) is 11.4 Å². The first-order valence-electron chi connectivity index (χ1n) is 11.6. The Balaban J connectivity index is 1.55. The summed E-state index contributed by atoms with van der Waals surface area (Å²) in [5.41, 5.74) is 3.40. The molecule has 0 radical (unpaired) electrons. The first-order chi connectivity index (χ1) is 16.4. The van der Waals surface area contributed by atoms with Crippen LogP contribution in [0.4, 0.5) is 0 Å². The third-order valence-corrected chi connectivity index (χ3v) is 6.14. The van der Waals surface area contributed by atoms with Crippen molar-refractivity contribution in [3.63, 3.8) is 0 Å². The zero-order chi connectivity index (χ0) is 24.2. The summed E-state index contributed by atoms with van der Waals surface area (Å²) >= 11 is 0. The highest BCUT2D eigenvalue weighted by Gasteiger charge is 2.13. The number of H-pyrrole nitrogens is 1. The highest BCUT2D eigenvalue weighted by atomic mass is 16.3. The summed E-state index contributed by atoms with van der Waals surface area (Å²) in [5.74, 6) is -0.201. The minimum atomic E-state index is -0.338. The predicted octanol–water partition coefficient (Wildman–Crippen LogP) is 4.97. The van der Waals surface area contributed by atoms with E-state index in [1.165, 1.54) is 22.4 Å². The van der Waals surface area contributed by atoms with Gasteiger partial charge in [-0.15, -0.1) is 0 Å². The van der Waals surface area contributed by atoms with Crippen LogP contribution in [0.25, 0.3) is 27.9 Å². The van der Waals surface area contributed by atoms with E-state index >= 15 is 0 Å². The predicted molar refractivity (Wildman–Crippen MR) is 137 cm³/mol. The standard InChI is InChI=1S/C28H29N3O3/c1-4-8-19-12-13-20(23-10-7-6-9-22(19)23)17-31(3)25(32)14-11-18-15-24-26(33)21(5-2)28(34)30-27(24)29-16-18/h6-7,9-16H,4-5,8,17H2,1-3H3,(H2,29,30,33,34)/b14-11+. The molecule has 174 valence electrons. The SMILES string of the molecule is CCCc1ccc(CN(C)C(=O)/C=C/c2cnc3[nH]c(=O)c(CC)c(O)c3c2)c2ccccc12. The number of aromatic hydroxyl groups is 1. The molecule has 0 saturated carbocycles. The van der Waals surface area contributed by atoms with Crippen molar-refractivity contribution in [2.75, 3.05) is 7.05 Å². The molecule has 34 heavy (non-hydrogen) atoms. The second-order valence-corrected chi connectivity index (χ2v) is 8.51. The van der Waals surface area contributed by atoms with Crippen LogP contribution in [0.15, 0.2) is 59.5 Å². The number of hydrogen-bond donors (Lipinski definition) is 2. The number of fused-ring (bicyclic) bond motifs is 2. The number of pyridine rings is 2. The van der Waals surface area contributed by atoms with Gasteiger partial charge in [-0.2, -0.15) is 0 Å². The molecule has 0 aliphatic carbocycles. The molecule has 2 aromatic heterocycles. The lowest BCUT2D eigenvalue weighted by atomic mass is 9.97. The van der Waals surface area contributed by atoms with E-state index in [0.717, 1.165) is 18.4 Å². The monoisotopic (exact) mass is 455 g/mol. The van der Waals surface area contributed by atoms with E-state index in [1.54, 1.807) is 30.3 Å². The Kier molecular flexibility index (Phi) is 6.77. The highest BCUT2D eigenvalue weighted by molar-refractivity contribution is 5.93. The fourth-order valence-electron chi connectivity index (χ4n) is 4.31. The van der Waals surface area contributed by atoms with Crippen molar-refractivity contribution in [3.8, 4) is 5.75 Å². The molecular weight excluding hydrogens is 426 g/mol. The molecule has 2 aromatic carbocycles. The summed E-state index contributed by atoms with van der Waals surface area (Å²) in [6, 6.07) is 14.3. The van der Waals surface area contributed by atoms with Crippen LogP contribution in [0.3, 0.4) is 0 Å². The molecule has 6 nitrogen and oxygen atoms in total. The first kappa shape index (κ1) is 23.2. The van der Waals surface area contributed by atoms with Crippen LogP contribution in [0.1, 0.15) is 42.5 Å². The Morgan fingerprint density at radius 1 is 1.09 bits per heavy atom. The van der Waals surface area contributed by atoms with Crippen molar-refractivity contribution < 1.29 is 9.90 Å². The first-order valence-corrected chi connectivity index (χ1v) is 11.6. The molecule has 0 saturated heterocycles. The van der Waals surface area contributed by atoms with Gasteiger partial charge in [-0.1, -0.05) is 56.7 Å². The average molecular weight is 456 g/mol. The number of aryl methyl sites for hydroxylation is 1. The van der Waals surface area contributed by atoms with Crippen molar-refractivity contribution in [3.05, 3.63) is 87.3 Å². The van der Waals surface area contributed by atoms with E-state index in [-0.39, 0.29) is 17.2 Å². The molecule has 6 heteroatoms. The maximum absolute atomic E-state index is 12.8. The highest BCUT2D eigenvalue weighted by Crippen LogP contribution is 2.26.